The SMILES string of the molecule is CCN(Cc1cccc(F)c1)C(=O)c1nn(-c2ccccc2)c2c1CCC2. The summed E-state index contributed by atoms with van der Waals surface area (Å²) in [7, 11) is 0. The monoisotopic (exact) mass is 363 g/mol. The molecule has 1 aliphatic rings. The van der Waals surface area contributed by atoms with Gasteiger partial charge in [-0.25, -0.2) is 9.07 Å². The highest BCUT2D eigenvalue weighted by Gasteiger charge is 2.29. The van der Waals surface area contributed by atoms with Crippen LogP contribution in [0.25, 0.3) is 5.69 Å². The maximum absolute atomic E-state index is 13.5. The van der Waals surface area contributed by atoms with Gasteiger partial charge in [-0.3, -0.25) is 4.79 Å². The number of halogens is 1. The smallest absolute Gasteiger partial charge is 0.274 e. The normalized spacial score (nSPS) is 12.8. The first kappa shape index (κ1) is 17.5. The Bertz CT molecular complexity index is 965. The van der Waals surface area contributed by atoms with Gasteiger partial charge in [0.1, 0.15) is 5.82 Å². The Hall–Kier alpha value is -2.95. The molecule has 4 nitrogen and oxygen atoms in total. The lowest BCUT2D eigenvalue weighted by atomic mass is 10.1. The number of hydrogen-bond donors (Lipinski definition) is 0. The van der Waals surface area contributed by atoms with Crippen LogP contribution in [0.2, 0.25) is 0 Å². The number of amides is 1. The van der Waals surface area contributed by atoms with Crippen LogP contribution in [0.1, 0.15) is 40.7 Å². The molecule has 5 heteroatoms. The highest BCUT2D eigenvalue weighted by molar-refractivity contribution is 5.94. The van der Waals surface area contributed by atoms with E-state index in [4.69, 9.17) is 0 Å². The number of benzene rings is 2. The molecule has 1 aliphatic carbocycles. The van der Waals surface area contributed by atoms with Crippen molar-refractivity contribution in [1.29, 1.82) is 0 Å². The van der Waals surface area contributed by atoms with Crippen LogP contribution in [-0.2, 0) is 19.4 Å². The first-order chi connectivity index (χ1) is 13.2. The number of hydrogen-bond acceptors (Lipinski definition) is 2. The molecule has 138 valence electrons. The molecule has 3 aromatic rings. The number of fused-ring (bicyclic) bond motifs is 1. The van der Waals surface area contributed by atoms with Crippen LogP contribution in [-0.4, -0.2) is 27.1 Å². The molecule has 1 heterocycles. The highest BCUT2D eigenvalue weighted by atomic mass is 19.1. The number of nitrogens with zero attached hydrogens (tertiary/aromatic N) is 3. The zero-order valence-corrected chi connectivity index (χ0v) is 15.4. The van der Waals surface area contributed by atoms with Gasteiger partial charge in [-0.05, 0) is 56.0 Å². The van der Waals surface area contributed by atoms with Gasteiger partial charge in [0.25, 0.3) is 5.91 Å². The molecule has 1 amide bonds. The Morgan fingerprint density at radius 3 is 2.70 bits per heavy atom. The molecule has 0 N–H and O–H groups in total. The van der Waals surface area contributed by atoms with Gasteiger partial charge >= 0.3 is 0 Å². The molecule has 0 spiro atoms. The molecule has 4 rings (SSSR count). The average molecular weight is 363 g/mol. The van der Waals surface area contributed by atoms with E-state index in [1.807, 2.05) is 48.0 Å². The van der Waals surface area contributed by atoms with E-state index in [9.17, 15) is 9.18 Å². The van der Waals surface area contributed by atoms with E-state index in [2.05, 4.69) is 5.10 Å². The second-order valence-corrected chi connectivity index (χ2v) is 6.82. The van der Waals surface area contributed by atoms with E-state index < -0.39 is 0 Å². The van der Waals surface area contributed by atoms with Crippen LogP contribution < -0.4 is 0 Å². The van der Waals surface area contributed by atoms with E-state index in [0.29, 0.717) is 18.8 Å². The lowest BCUT2D eigenvalue weighted by molar-refractivity contribution is 0.0745. The summed E-state index contributed by atoms with van der Waals surface area (Å²) in [4.78, 5) is 15.0. The van der Waals surface area contributed by atoms with Gasteiger partial charge in [-0.15, -0.1) is 0 Å². The van der Waals surface area contributed by atoms with Gasteiger partial charge in [0.15, 0.2) is 5.69 Å². The van der Waals surface area contributed by atoms with Gasteiger partial charge in [-0.2, -0.15) is 5.10 Å². The van der Waals surface area contributed by atoms with Crippen LogP contribution >= 0.6 is 0 Å². The van der Waals surface area contributed by atoms with Gasteiger partial charge in [0, 0.05) is 24.3 Å². The van der Waals surface area contributed by atoms with Crippen molar-refractivity contribution in [2.45, 2.75) is 32.7 Å². The van der Waals surface area contributed by atoms with E-state index >= 15 is 0 Å². The topological polar surface area (TPSA) is 38.1 Å². The van der Waals surface area contributed by atoms with Crippen molar-refractivity contribution in [3.8, 4) is 5.69 Å². The number of rotatable bonds is 5. The second-order valence-electron chi connectivity index (χ2n) is 6.82. The predicted molar refractivity (Wildman–Crippen MR) is 102 cm³/mol. The summed E-state index contributed by atoms with van der Waals surface area (Å²) in [5.74, 6) is -0.375. The Morgan fingerprint density at radius 2 is 1.96 bits per heavy atom. The first-order valence-electron chi connectivity index (χ1n) is 9.37. The Balaban J connectivity index is 1.67. The quantitative estimate of drug-likeness (QED) is 0.683. The third-order valence-electron chi connectivity index (χ3n) is 5.06. The first-order valence-corrected chi connectivity index (χ1v) is 9.37. The fourth-order valence-corrected chi connectivity index (χ4v) is 3.72. The average Bonchev–Trinajstić information content (AvgIpc) is 3.29. The van der Waals surface area contributed by atoms with Crippen LogP contribution in [0, 0.1) is 5.82 Å². The molecule has 0 bridgehead atoms. The van der Waals surface area contributed by atoms with Crippen LogP contribution in [0.15, 0.2) is 54.6 Å². The summed E-state index contributed by atoms with van der Waals surface area (Å²) in [5.41, 5.74) is 4.48. The molecule has 0 radical (unpaired) electrons. The van der Waals surface area contributed by atoms with E-state index in [1.165, 1.54) is 12.1 Å². The van der Waals surface area contributed by atoms with Crippen LogP contribution in [0.3, 0.4) is 0 Å². The minimum Gasteiger partial charge on any atom is -0.333 e. The minimum absolute atomic E-state index is 0.0883. The van der Waals surface area contributed by atoms with E-state index in [1.54, 1.807) is 11.0 Å². The van der Waals surface area contributed by atoms with Crippen molar-refractivity contribution in [3.63, 3.8) is 0 Å². The highest BCUT2D eigenvalue weighted by Crippen LogP contribution is 2.28. The maximum Gasteiger partial charge on any atom is 0.274 e. The second kappa shape index (κ2) is 7.35. The van der Waals surface area contributed by atoms with Crippen molar-refractivity contribution in [2.24, 2.45) is 0 Å². The molecule has 27 heavy (non-hydrogen) atoms. The summed E-state index contributed by atoms with van der Waals surface area (Å²) in [5, 5.41) is 4.68. The number of carbonyl (C=O) groups excluding carboxylic acids is 1. The number of carbonyl (C=O) groups is 1. The third-order valence-corrected chi connectivity index (χ3v) is 5.06. The summed E-state index contributed by atoms with van der Waals surface area (Å²) < 4.78 is 15.4. The van der Waals surface area contributed by atoms with Crippen molar-refractivity contribution in [1.82, 2.24) is 14.7 Å². The van der Waals surface area contributed by atoms with Crippen LogP contribution in [0.4, 0.5) is 4.39 Å². The fraction of sp³-hybridized carbons (Fsp3) is 0.273. The van der Waals surface area contributed by atoms with Crippen molar-refractivity contribution in [3.05, 3.63) is 82.9 Å². The van der Waals surface area contributed by atoms with Crippen LogP contribution in [0.5, 0.6) is 0 Å². The summed E-state index contributed by atoms with van der Waals surface area (Å²) >= 11 is 0. The molecular formula is C22H22FN3O. The molecule has 0 unspecified atom stereocenters. The molecule has 0 fully saturated rings. The Kier molecular flexibility index (Phi) is 4.75. The van der Waals surface area contributed by atoms with Gasteiger partial charge in [0.2, 0.25) is 0 Å². The Morgan fingerprint density at radius 1 is 1.15 bits per heavy atom. The predicted octanol–water partition coefficient (Wildman–Crippen LogP) is 4.16. The van der Waals surface area contributed by atoms with Crippen molar-refractivity contribution < 1.29 is 9.18 Å². The van der Waals surface area contributed by atoms with Gasteiger partial charge in [0.05, 0.1) is 5.69 Å². The maximum atomic E-state index is 13.5. The van der Waals surface area contributed by atoms with Gasteiger partial charge in [-0.1, -0.05) is 30.3 Å². The molecule has 1 aromatic heterocycles. The fourth-order valence-electron chi connectivity index (χ4n) is 3.72. The van der Waals surface area contributed by atoms with Crippen molar-refractivity contribution >= 4 is 5.91 Å². The van der Waals surface area contributed by atoms with Gasteiger partial charge < -0.3 is 4.90 Å². The lowest BCUT2D eigenvalue weighted by Gasteiger charge is -2.20. The molecular weight excluding hydrogens is 341 g/mol. The zero-order chi connectivity index (χ0) is 18.8. The summed E-state index contributed by atoms with van der Waals surface area (Å²) in [6.07, 6.45) is 2.84. The van der Waals surface area contributed by atoms with Crippen molar-refractivity contribution in [2.75, 3.05) is 6.54 Å². The van der Waals surface area contributed by atoms with E-state index in [0.717, 1.165) is 41.8 Å². The molecule has 0 saturated carbocycles. The van der Waals surface area contributed by atoms with E-state index in [-0.39, 0.29) is 11.7 Å². The molecule has 0 saturated heterocycles. The Labute approximate surface area is 158 Å². The summed E-state index contributed by atoms with van der Waals surface area (Å²) in [6.45, 7) is 2.86. The summed E-state index contributed by atoms with van der Waals surface area (Å²) in [6, 6.07) is 16.3. The lowest BCUT2D eigenvalue weighted by Crippen LogP contribution is -2.31. The molecule has 0 aliphatic heterocycles. The third kappa shape index (κ3) is 3.37. The number of aromatic nitrogens is 2. The zero-order valence-electron chi connectivity index (χ0n) is 15.4. The standard InChI is InChI=1S/C22H22FN3O/c1-2-25(15-16-8-6-9-17(23)14-16)22(27)21-19-12-7-13-20(19)26(24-21)18-10-4-3-5-11-18/h3-6,8-11,14H,2,7,12-13,15H2,1H3. The number of para-hydroxylation sites is 1. The molecule has 2 aromatic carbocycles. The minimum atomic E-state index is -0.287. The molecule has 0 atom stereocenters. The largest absolute Gasteiger partial charge is 0.333 e.